The third-order valence-corrected chi connectivity index (χ3v) is 2.05. The molecule has 0 bridgehead atoms. The first-order valence-corrected chi connectivity index (χ1v) is 3.93. The van der Waals surface area contributed by atoms with Gasteiger partial charge >= 0.3 is 0 Å². The van der Waals surface area contributed by atoms with Gasteiger partial charge in [-0.1, -0.05) is 6.08 Å². The highest BCUT2D eigenvalue weighted by Gasteiger charge is 2.05. The predicted molar refractivity (Wildman–Crippen MR) is 48.4 cm³/mol. The van der Waals surface area contributed by atoms with Crippen LogP contribution in [0.25, 0.3) is 12.2 Å². The normalized spacial score (nSPS) is 20.7. The van der Waals surface area contributed by atoms with Gasteiger partial charge in [0.15, 0.2) is 0 Å². The molecule has 0 fully saturated rings. The Morgan fingerprint density at radius 1 is 1.33 bits per heavy atom. The average molecular weight is 163 g/mol. The molecule has 62 valence electrons. The number of rotatable bonds is 0. The Labute approximate surface area is 70.8 Å². The van der Waals surface area contributed by atoms with Crippen LogP contribution in [0.15, 0.2) is 24.4 Å². The molecule has 0 aromatic carbocycles. The first-order chi connectivity index (χ1) is 5.77. The number of aromatic nitrogens is 1. The van der Waals surface area contributed by atoms with Gasteiger partial charge in [0, 0.05) is 18.9 Å². The second-order valence-corrected chi connectivity index (χ2v) is 2.93. The topological polar surface area (TPSA) is 4.93 Å². The first-order valence-electron chi connectivity index (χ1n) is 3.93. The van der Waals surface area contributed by atoms with E-state index in [-0.39, 0.29) is 0 Å². The Balaban J connectivity index is 2.54. The fourth-order valence-corrected chi connectivity index (χ4v) is 1.36. The van der Waals surface area contributed by atoms with Gasteiger partial charge in [0.05, 0.1) is 0 Å². The van der Waals surface area contributed by atoms with Crippen LogP contribution < -0.4 is 0 Å². The van der Waals surface area contributed by atoms with Crippen LogP contribution in [0.4, 0.5) is 4.39 Å². The van der Waals surface area contributed by atoms with Crippen LogP contribution in [0.2, 0.25) is 0 Å². The van der Waals surface area contributed by atoms with Gasteiger partial charge in [0.2, 0.25) is 0 Å². The van der Waals surface area contributed by atoms with Gasteiger partial charge in [-0.2, -0.15) is 0 Å². The molecule has 2 rings (SSSR count). The van der Waals surface area contributed by atoms with Gasteiger partial charge in [0.25, 0.3) is 0 Å². The summed E-state index contributed by atoms with van der Waals surface area (Å²) in [4.78, 5) is 0. The summed E-state index contributed by atoms with van der Waals surface area (Å²) in [5, 5.41) is 0. The third kappa shape index (κ3) is 1.09. The van der Waals surface area contributed by atoms with E-state index in [1.165, 1.54) is 0 Å². The lowest BCUT2D eigenvalue weighted by Crippen LogP contribution is -1.89. The second kappa shape index (κ2) is 2.63. The van der Waals surface area contributed by atoms with E-state index in [2.05, 4.69) is 0 Å². The summed E-state index contributed by atoms with van der Waals surface area (Å²) in [6, 6.07) is 1.98. The summed E-state index contributed by atoms with van der Waals surface area (Å²) >= 11 is 0. The number of hydrogen-bond acceptors (Lipinski definition) is 0. The molecule has 1 aliphatic carbocycles. The predicted octanol–water partition coefficient (Wildman–Crippen LogP) is 2.40. The van der Waals surface area contributed by atoms with Crippen molar-refractivity contribution in [2.24, 2.45) is 7.05 Å². The van der Waals surface area contributed by atoms with Crippen LogP contribution in [0.1, 0.15) is 11.3 Å². The molecule has 0 amide bonds. The van der Waals surface area contributed by atoms with Gasteiger partial charge in [-0.25, -0.2) is 4.39 Å². The summed E-state index contributed by atoms with van der Waals surface area (Å²) < 4.78 is 14.8. The van der Waals surface area contributed by atoms with Crippen molar-refractivity contribution in [3.63, 3.8) is 0 Å². The van der Waals surface area contributed by atoms with Crippen molar-refractivity contribution in [1.29, 1.82) is 0 Å². The number of halogens is 1. The fourth-order valence-electron chi connectivity index (χ4n) is 1.36. The van der Waals surface area contributed by atoms with E-state index in [1.807, 2.05) is 36.0 Å². The fraction of sp³-hybridized carbons (Fsp3) is 0.200. The Morgan fingerprint density at radius 3 is 2.92 bits per heavy atom. The lowest BCUT2D eigenvalue weighted by molar-refractivity contribution is 0.472. The Kier molecular flexibility index (Phi) is 1.61. The van der Waals surface area contributed by atoms with E-state index in [9.17, 15) is 4.39 Å². The van der Waals surface area contributed by atoms with Crippen LogP contribution in [0.3, 0.4) is 0 Å². The van der Waals surface area contributed by atoms with Crippen molar-refractivity contribution in [3.8, 4) is 0 Å². The minimum atomic E-state index is -0.947. The van der Waals surface area contributed by atoms with Crippen LogP contribution in [0, 0.1) is 0 Å². The zero-order valence-corrected chi connectivity index (χ0v) is 6.87. The summed E-state index contributed by atoms with van der Waals surface area (Å²) in [5.41, 5.74) is 2.14. The molecule has 0 saturated carbocycles. The Bertz CT molecular complexity index is 347. The Hall–Kier alpha value is -1.31. The van der Waals surface area contributed by atoms with Crippen LogP contribution in [0.5, 0.6) is 0 Å². The maximum Gasteiger partial charge on any atom is 0.137 e. The molecule has 0 N–H and O–H groups in total. The quantitative estimate of drug-likeness (QED) is 0.553. The first kappa shape index (κ1) is 7.35. The molecular weight excluding hydrogens is 153 g/mol. The lowest BCUT2D eigenvalue weighted by atomic mass is 10.2. The molecule has 0 aliphatic heterocycles. The molecule has 0 radical (unpaired) electrons. The zero-order valence-electron chi connectivity index (χ0n) is 6.87. The molecule has 1 aromatic rings. The number of hydrogen-bond donors (Lipinski definition) is 0. The van der Waals surface area contributed by atoms with Crippen molar-refractivity contribution < 1.29 is 4.39 Å². The standard InChI is InChI=1S/C10H10FN/c1-12-7-6-8-2-3-9(11)4-5-10(8)12/h2-7,9H,1H3. The summed E-state index contributed by atoms with van der Waals surface area (Å²) in [7, 11) is 1.95. The molecule has 1 unspecified atom stereocenters. The highest BCUT2D eigenvalue weighted by atomic mass is 19.1. The van der Waals surface area contributed by atoms with E-state index in [4.69, 9.17) is 0 Å². The molecule has 1 aliphatic rings. The molecule has 1 heterocycles. The molecule has 1 aromatic heterocycles. The maximum atomic E-state index is 12.8. The van der Waals surface area contributed by atoms with E-state index in [1.54, 1.807) is 12.2 Å². The van der Waals surface area contributed by atoms with Crippen molar-refractivity contribution in [2.45, 2.75) is 6.17 Å². The van der Waals surface area contributed by atoms with Crippen molar-refractivity contribution in [2.75, 3.05) is 0 Å². The summed E-state index contributed by atoms with van der Waals surface area (Å²) in [6.07, 6.45) is 7.78. The van der Waals surface area contributed by atoms with Gasteiger partial charge in [-0.15, -0.1) is 0 Å². The average Bonchev–Trinajstić information content (AvgIpc) is 2.28. The van der Waals surface area contributed by atoms with E-state index in [0.29, 0.717) is 0 Å². The minimum Gasteiger partial charge on any atom is -0.351 e. The molecular formula is C10H10FN. The lowest BCUT2D eigenvalue weighted by Gasteiger charge is -1.96. The number of fused-ring (bicyclic) bond motifs is 1. The van der Waals surface area contributed by atoms with E-state index >= 15 is 0 Å². The maximum absolute atomic E-state index is 12.8. The second-order valence-electron chi connectivity index (χ2n) is 2.93. The molecule has 0 saturated heterocycles. The third-order valence-electron chi connectivity index (χ3n) is 2.05. The zero-order chi connectivity index (χ0) is 8.55. The molecule has 0 spiro atoms. The van der Waals surface area contributed by atoms with E-state index in [0.717, 1.165) is 11.3 Å². The number of alkyl halides is 1. The smallest absolute Gasteiger partial charge is 0.137 e. The van der Waals surface area contributed by atoms with Gasteiger partial charge < -0.3 is 4.57 Å². The van der Waals surface area contributed by atoms with Gasteiger partial charge in [-0.3, -0.25) is 0 Å². The van der Waals surface area contributed by atoms with Crippen LogP contribution in [-0.4, -0.2) is 10.7 Å². The van der Waals surface area contributed by atoms with Crippen LogP contribution in [-0.2, 0) is 7.05 Å². The van der Waals surface area contributed by atoms with Crippen LogP contribution >= 0.6 is 0 Å². The van der Waals surface area contributed by atoms with Gasteiger partial charge in [-0.05, 0) is 29.9 Å². The number of aryl methyl sites for hydroxylation is 1. The summed E-state index contributed by atoms with van der Waals surface area (Å²) in [6.45, 7) is 0. The van der Waals surface area contributed by atoms with Crippen molar-refractivity contribution in [1.82, 2.24) is 4.57 Å². The SMILES string of the molecule is Cn1ccc2c1C=CC(F)C=C2. The highest BCUT2D eigenvalue weighted by molar-refractivity contribution is 5.66. The largest absolute Gasteiger partial charge is 0.351 e. The molecule has 2 heteroatoms. The Morgan fingerprint density at radius 2 is 2.08 bits per heavy atom. The molecule has 1 atom stereocenters. The molecule has 1 nitrogen and oxygen atoms in total. The summed E-state index contributed by atoms with van der Waals surface area (Å²) in [5.74, 6) is 0. The van der Waals surface area contributed by atoms with Crippen molar-refractivity contribution >= 4 is 12.2 Å². The number of allylic oxidation sites excluding steroid dienone is 2. The number of nitrogens with zero attached hydrogens (tertiary/aromatic N) is 1. The van der Waals surface area contributed by atoms with E-state index < -0.39 is 6.17 Å². The highest BCUT2D eigenvalue weighted by Crippen LogP contribution is 2.18. The molecule has 12 heavy (non-hydrogen) atoms. The minimum absolute atomic E-state index is 0.947. The monoisotopic (exact) mass is 163 g/mol. The van der Waals surface area contributed by atoms with Gasteiger partial charge in [0.1, 0.15) is 6.17 Å². The van der Waals surface area contributed by atoms with Crippen molar-refractivity contribution in [3.05, 3.63) is 35.7 Å².